The second-order valence-electron chi connectivity index (χ2n) is 11.5. The number of nitrogens with zero attached hydrogens (tertiary/aromatic N) is 2. The average Bonchev–Trinajstić information content (AvgIpc) is 3.09. The Morgan fingerprint density at radius 1 is 0.846 bits per heavy atom. The van der Waals surface area contributed by atoms with E-state index >= 15 is 0 Å². The molecule has 0 radical (unpaired) electrons. The lowest BCUT2D eigenvalue weighted by atomic mass is 10.0. The number of anilines is 1. The highest BCUT2D eigenvalue weighted by molar-refractivity contribution is 6.39. The Balaban J connectivity index is 1.46. The van der Waals surface area contributed by atoms with Gasteiger partial charge in [0.15, 0.2) is 0 Å². The summed E-state index contributed by atoms with van der Waals surface area (Å²) < 4.78 is 11.4. The Labute approximate surface area is 313 Å². The molecule has 0 aliphatic carbocycles. The fourth-order valence-corrected chi connectivity index (χ4v) is 5.78. The van der Waals surface area contributed by atoms with Crippen molar-refractivity contribution in [2.45, 2.75) is 57.8 Å². The number of aliphatic hydroxyl groups is 2. The first kappa shape index (κ1) is 40.2. The van der Waals surface area contributed by atoms with E-state index in [2.05, 4.69) is 25.9 Å². The van der Waals surface area contributed by atoms with Crippen LogP contribution in [0, 0.1) is 0 Å². The standard InChI is InChI=1S/C35H36Cl3N5O9/c1-17(44)30(34(47)48)40-14-19-10-11-25(39-13-19)32(46)42-24-8-4-6-21(28(24)37)22-7-5-9-27(29(22)38)52-16-26-23(36)12-20(33(43-26)51-3)15-41-31(18(2)45)35(49)50/h4-13,17-18,30-31,40-41,44-45H,14-16H2,1-3H3,(H,42,46)(H,47,48)(H,49,50)/t17-,18-,30-,31-/m1/s1. The molecule has 2 aromatic heterocycles. The molecule has 0 saturated carbocycles. The third-order valence-corrected chi connectivity index (χ3v) is 8.86. The van der Waals surface area contributed by atoms with Crippen molar-refractivity contribution in [3.63, 3.8) is 0 Å². The van der Waals surface area contributed by atoms with E-state index in [9.17, 15) is 34.8 Å². The lowest BCUT2D eigenvalue weighted by Crippen LogP contribution is -2.44. The molecule has 0 bridgehead atoms. The Kier molecular flexibility index (Phi) is 14.1. The van der Waals surface area contributed by atoms with Crippen molar-refractivity contribution in [2.75, 3.05) is 12.4 Å². The number of aliphatic carboxylic acids is 2. The number of carboxylic acid groups (broad SMARTS) is 2. The van der Waals surface area contributed by atoms with E-state index in [4.69, 9.17) is 44.3 Å². The lowest BCUT2D eigenvalue weighted by Gasteiger charge is -2.18. The molecule has 52 heavy (non-hydrogen) atoms. The molecule has 0 aliphatic heterocycles. The second kappa shape index (κ2) is 18.3. The zero-order chi connectivity index (χ0) is 38.1. The molecule has 2 heterocycles. The summed E-state index contributed by atoms with van der Waals surface area (Å²) >= 11 is 20.1. The summed E-state index contributed by atoms with van der Waals surface area (Å²) in [4.78, 5) is 44.4. The van der Waals surface area contributed by atoms with Crippen LogP contribution >= 0.6 is 34.8 Å². The maximum atomic E-state index is 13.1. The van der Waals surface area contributed by atoms with E-state index in [1.807, 2.05) is 0 Å². The number of hydrogen-bond donors (Lipinski definition) is 7. The van der Waals surface area contributed by atoms with Crippen molar-refractivity contribution in [1.29, 1.82) is 0 Å². The number of nitrogens with one attached hydrogen (secondary N) is 3. The predicted molar refractivity (Wildman–Crippen MR) is 194 cm³/mol. The van der Waals surface area contributed by atoms with E-state index in [1.54, 1.807) is 48.5 Å². The molecule has 7 N–H and O–H groups in total. The normalized spacial score (nSPS) is 13.5. The second-order valence-corrected chi connectivity index (χ2v) is 12.7. The van der Waals surface area contributed by atoms with Gasteiger partial charge >= 0.3 is 11.9 Å². The van der Waals surface area contributed by atoms with Gasteiger partial charge in [-0.15, -0.1) is 0 Å². The smallest absolute Gasteiger partial charge is 0.323 e. The molecule has 2 aromatic carbocycles. The number of carboxylic acids is 2. The number of hydrogen-bond acceptors (Lipinski definition) is 11. The molecular formula is C35H36Cl3N5O9. The van der Waals surface area contributed by atoms with Crippen LogP contribution in [0.4, 0.5) is 5.69 Å². The summed E-state index contributed by atoms with van der Waals surface area (Å²) in [6.45, 7) is 2.74. The van der Waals surface area contributed by atoms with Crippen molar-refractivity contribution < 1.29 is 44.3 Å². The summed E-state index contributed by atoms with van der Waals surface area (Å²) in [6.07, 6.45) is -0.833. The van der Waals surface area contributed by atoms with Crippen LogP contribution in [0.5, 0.6) is 11.6 Å². The van der Waals surface area contributed by atoms with Gasteiger partial charge in [-0.25, -0.2) is 4.98 Å². The first-order chi connectivity index (χ1) is 24.7. The number of halogens is 3. The van der Waals surface area contributed by atoms with Crippen LogP contribution in [0.2, 0.25) is 15.1 Å². The van der Waals surface area contributed by atoms with Crippen molar-refractivity contribution in [3.05, 3.63) is 98.4 Å². The molecule has 0 fully saturated rings. The Hall–Kier alpha value is -4.54. The molecule has 1 amide bonds. The van der Waals surface area contributed by atoms with E-state index in [-0.39, 0.29) is 52.1 Å². The van der Waals surface area contributed by atoms with Crippen LogP contribution in [0.25, 0.3) is 11.1 Å². The van der Waals surface area contributed by atoms with Crippen LogP contribution in [-0.4, -0.2) is 79.6 Å². The number of methoxy groups -OCH3 is 1. The van der Waals surface area contributed by atoms with Crippen molar-refractivity contribution in [3.8, 4) is 22.8 Å². The van der Waals surface area contributed by atoms with Crippen molar-refractivity contribution >= 4 is 58.3 Å². The Morgan fingerprint density at radius 2 is 1.46 bits per heavy atom. The van der Waals surface area contributed by atoms with Gasteiger partial charge in [0, 0.05) is 36.0 Å². The van der Waals surface area contributed by atoms with Crippen molar-refractivity contribution in [1.82, 2.24) is 20.6 Å². The molecule has 17 heteroatoms. The number of amides is 1. The van der Waals surface area contributed by atoms with E-state index in [1.165, 1.54) is 33.2 Å². The SMILES string of the molecule is COc1nc(COc2cccc(-c3cccc(NC(=O)c4ccc(CN[C@@H](C(=O)O)[C@@H](C)O)cn4)c3Cl)c2Cl)c(Cl)cc1CN[C@@H](C(=O)O)[C@@H](C)O. The minimum absolute atomic E-state index is 0.00957. The zero-order valence-corrected chi connectivity index (χ0v) is 30.3. The van der Waals surface area contributed by atoms with Crippen LogP contribution in [0.15, 0.2) is 60.8 Å². The number of pyridine rings is 2. The number of rotatable bonds is 17. The first-order valence-corrected chi connectivity index (χ1v) is 16.8. The largest absolute Gasteiger partial charge is 0.486 e. The first-order valence-electron chi connectivity index (χ1n) is 15.7. The van der Waals surface area contributed by atoms with Gasteiger partial charge in [0.05, 0.1) is 40.1 Å². The topological polar surface area (TPSA) is 212 Å². The summed E-state index contributed by atoms with van der Waals surface area (Å²) in [7, 11) is 1.40. The van der Waals surface area contributed by atoms with Gasteiger partial charge in [0.25, 0.3) is 5.91 Å². The van der Waals surface area contributed by atoms with Gasteiger partial charge in [-0.3, -0.25) is 30.0 Å². The number of ether oxygens (including phenoxy) is 2. The minimum atomic E-state index is -1.21. The minimum Gasteiger partial charge on any atom is -0.486 e. The molecule has 0 aliphatic rings. The van der Waals surface area contributed by atoms with Crippen LogP contribution < -0.4 is 25.4 Å². The summed E-state index contributed by atoms with van der Waals surface area (Å²) in [5.41, 5.74) is 2.78. The molecule has 4 atom stereocenters. The molecule has 276 valence electrons. The third-order valence-electron chi connectivity index (χ3n) is 7.74. The maximum absolute atomic E-state index is 13.1. The van der Waals surface area contributed by atoms with Crippen molar-refractivity contribution in [2.24, 2.45) is 0 Å². The zero-order valence-electron chi connectivity index (χ0n) is 28.1. The monoisotopic (exact) mass is 775 g/mol. The summed E-state index contributed by atoms with van der Waals surface area (Å²) in [5.74, 6) is -2.48. The Bertz CT molecular complexity index is 1910. The van der Waals surface area contributed by atoms with E-state index in [0.717, 1.165) is 0 Å². The summed E-state index contributed by atoms with van der Waals surface area (Å²) in [5, 5.41) is 46.8. The Morgan fingerprint density at radius 3 is 2.04 bits per heavy atom. The highest BCUT2D eigenvalue weighted by Gasteiger charge is 2.24. The van der Waals surface area contributed by atoms with Gasteiger partial charge < -0.3 is 35.2 Å². The number of aliphatic hydroxyl groups excluding tert-OH is 2. The number of aromatic nitrogens is 2. The van der Waals surface area contributed by atoms with Gasteiger partial charge in [0.1, 0.15) is 35.8 Å². The molecular weight excluding hydrogens is 741 g/mol. The number of carbonyl (C=O) groups excluding carboxylic acids is 1. The quantitative estimate of drug-likeness (QED) is 0.0770. The molecule has 0 saturated heterocycles. The molecule has 4 rings (SSSR count). The highest BCUT2D eigenvalue weighted by atomic mass is 35.5. The molecule has 0 spiro atoms. The van der Waals surface area contributed by atoms with Gasteiger partial charge in [-0.1, -0.05) is 65.1 Å². The van der Waals surface area contributed by atoms with E-state index < -0.39 is 42.1 Å². The molecule has 4 aromatic rings. The number of carbonyl (C=O) groups is 3. The third kappa shape index (κ3) is 10.1. The van der Waals surface area contributed by atoms with Crippen LogP contribution in [0.3, 0.4) is 0 Å². The lowest BCUT2D eigenvalue weighted by molar-refractivity contribution is -0.143. The summed E-state index contributed by atoms with van der Waals surface area (Å²) in [6, 6.07) is 12.4. The van der Waals surface area contributed by atoms with Crippen LogP contribution in [0.1, 0.15) is 41.2 Å². The average molecular weight is 777 g/mol. The maximum Gasteiger partial charge on any atom is 0.323 e. The fraction of sp³-hybridized carbons (Fsp3) is 0.286. The van der Waals surface area contributed by atoms with E-state index in [0.29, 0.717) is 33.6 Å². The van der Waals surface area contributed by atoms with Gasteiger partial charge in [-0.05, 0) is 43.7 Å². The molecule has 14 nitrogen and oxygen atoms in total. The highest BCUT2D eigenvalue weighted by Crippen LogP contribution is 2.41. The van der Waals surface area contributed by atoms with Gasteiger partial charge in [-0.2, -0.15) is 0 Å². The predicted octanol–water partition coefficient (Wildman–Crippen LogP) is 4.79. The van der Waals surface area contributed by atoms with Gasteiger partial charge in [0.2, 0.25) is 5.88 Å². The number of benzene rings is 2. The fourth-order valence-electron chi connectivity index (χ4n) is 4.99. The molecule has 0 unspecified atom stereocenters. The van der Waals surface area contributed by atoms with Crippen LogP contribution in [-0.2, 0) is 29.3 Å².